The van der Waals surface area contributed by atoms with Gasteiger partial charge in [-0.3, -0.25) is 0 Å². The molecule has 26 heavy (non-hydrogen) atoms. The van der Waals surface area contributed by atoms with Crippen molar-refractivity contribution in [2.24, 2.45) is 0 Å². The van der Waals surface area contributed by atoms with Crippen LogP contribution in [0, 0.1) is 12.2 Å². The van der Waals surface area contributed by atoms with Crippen molar-refractivity contribution in [3.63, 3.8) is 0 Å². The van der Waals surface area contributed by atoms with Gasteiger partial charge < -0.3 is 24.8 Å². The molecule has 0 unspecified atom stereocenters. The molecule has 0 saturated carbocycles. The zero-order valence-electron chi connectivity index (χ0n) is 14.9. The average molecular weight is 649 g/mol. The number of hydrogen-bond acceptors (Lipinski definition) is 2. The van der Waals surface area contributed by atoms with Crippen molar-refractivity contribution in [1.29, 1.82) is 0 Å². The summed E-state index contributed by atoms with van der Waals surface area (Å²) >= 11 is 12.5. The van der Waals surface area contributed by atoms with Crippen LogP contribution in [-0.2, 0) is 23.3 Å². The normalized spacial score (nSPS) is 18.8. The first-order valence-electron chi connectivity index (χ1n) is 7.48. The predicted molar refractivity (Wildman–Crippen MR) is 115 cm³/mol. The Labute approximate surface area is 210 Å². The van der Waals surface area contributed by atoms with Crippen LogP contribution < -0.4 is 24.8 Å². The second kappa shape index (κ2) is 13.2. The van der Waals surface area contributed by atoms with Gasteiger partial charge in [-0.1, -0.05) is 54.7 Å². The summed E-state index contributed by atoms with van der Waals surface area (Å²) in [6.45, 7) is 8.78. The quantitative estimate of drug-likeness (QED) is 0.283. The molecule has 4 rings (SSSR count). The van der Waals surface area contributed by atoms with Gasteiger partial charge in [0.1, 0.15) is 0 Å². The number of fused-ring (bicyclic) bond motifs is 2. The fraction of sp³-hybridized carbons (Fsp3) is 0.333. The first-order chi connectivity index (χ1) is 11.3. The first-order valence-corrected chi connectivity index (χ1v) is 17.2. The van der Waals surface area contributed by atoms with E-state index in [9.17, 15) is 0 Å². The summed E-state index contributed by atoms with van der Waals surface area (Å²) in [6.07, 6.45) is 11.0. The van der Waals surface area contributed by atoms with Gasteiger partial charge in [-0.05, 0) is 0 Å². The number of thioether (sulfide) groups is 2. The Hall–Kier alpha value is 1.78. The Bertz CT molecular complexity index is 703. The van der Waals surface area contributed by atoms with Gasteiger partial charge in [0.05, 0.1) is 0 Å². The largest absolute Gasteiger partial charge is 1.00 e. The molecule has 0 amide bonds. The van der Waals surface area contributed by atoms with Crippen molar-refractivity contribution in [3.8, 4) is 0 Å². The van der Waals surface area contributed by atoms with Crippen LogP contribution in [0.3, 0.4) is 0 Å². The molecule has 0 aromatic heterocycles. The smallest absolute Gasteiger partial charge is 1.00 e. The van der Waals surface area contributed by atoms with Gasteiger partial charge in [0.25, 0.3) is 0 Å². The fourth-order valence-electron chi connectivity index (χ4n) is 2.19. The van der Waals surface area contributed by atoms with Crippen LogP contribution in [0.4, 0.5) is 0 Å². The summed E-state index contributed by atoms with van der Waals surface area (Å²) in [5, 5.41) is 0. The molecule has 0 atom stereocenters. The molecule has 0 spiro atoms. The Morgan fingerprint density at radius 2 is 1.19 bits per heavy atom. The standard InChI is InChI=1S/2C8H6BrS.C2H6Si.2ClH.Zr/c2*1-5-2-6-7(9)4-10-8(6)3-5;1-3-2;;;/h2*2H,4H2,1H3;1-2H3;2*1H;/q2*-1;;;;+2/p-2. The topological polar surface area (TPSA) is 0 Å². The molecule has 0 aromatic rings. The maximum atomic E-state index is 3.53. The minimum absolute atomic E-state index is 0. The zero-order chi connectivity index (χ0) is 17.9. The minimum Gasteiger partial charge on any atom is -1.00 e. The number of hydrogen-bond donors (Lipinski definition) is 0. The van der Waals surface area contributed by atoms with E-state index in [0.29, 0.717) is 0 Å². The second-order valence-electron chi connectivity index (χ2n) is 5.78. The van der Waals surface area contributed by atoms with Crippen molar-refractivity contribution in [2.45, 2.75) is 26.9 Å². The number of allylic oxidation sites excluding steroid dienone is 8. The molecular weight excluding hydrogens is 630 g/mol. The molecule has 2 heterocycles. The van der Waals surface area contributed by atoms with E-state index in [2.05, 4.69) is 83.1 Å². The molecule has 0 saturated heterocycles. The van der Waals surface area contributed by atoms with Gasteiger partial charge in [0.15, 0.2) is 0 Å². The Morgan fingerprint density at radius 3 is 1.46 bits per heavy atom. The molecule has 4 aliphatic rings. The van der Waals surface area contributed by atoms with Crippen LogP contribution in [-0.4, -0.2) is 16.9 Å². The molecule has 2 aliphatic carbocycles. The van der Waals surface area contributed by atoms with Gasteiger partial charge in [-0.15, -0.1) is 33.3 Å². The van der Waals surface area contributed by atoms with E-state index < -0.39 is 0 Å². The number of rotatable bonds is 0. The van der Waals surface area contributed by atoms with Gasteiger partial charge in [0.2, 0.25) is 0 Å². The molecule has 140 valence electrons. The third kappa shape index (κ3) is 8.26. The summed E-state index contributed by atoms with van der Waals surface area (Å²) in [7, 11) is 0. The molecule has 8 heteroatoms. The fourth-order valence-corrected chi connectivity index (χ4v) is 5.76. The summed E-state index contributed by atoms with van der Waals surface area (Å²) in [4.78, 5) is 2.62. The van der Waals surface area contributed by atoms with Gasteiger partial charge in [-0.25, -0.2) is 12.2 Å². The first kappa shape index (κ1) is 27.8. The monoisotopic (exact) mass is 644 g/mol. The minimum atomic E-state index is 0. The van der Waals surface area contributed by atoms with Crippen molar-refractivity contribution in [3.05, 3.63) is 65.4 Å². The predicted octanol–water partition coefficient (Wildman–Crippen LogP) is 0.851. The molecule has 0 fully saturated rings. The van der Waals surface area contributed by atoms with Crippen LogP contribution in [0.1, 0.15) is 13.8 Å². The maximum Gasteiger partial charge on any atom is -1.00 e. The van der Waals surface area contributed by atoms with Crippen LogP contribution >= 0.6 is 55.4 Å². The summed E-state index contributed by atoms with van der Waals surface area (Å²) in [6, 6.07) is 0. The summed E-state index contributed by atoms with van der Waals surface area (Å²) < 4.78 is 2.63. The van der Waals surface area contributed by atoms with E-state index in [4.69, 9.17) is 0 Å². The van der Waals surface area contributed by atoms with Crippen LogP contribution in [0.5, 0.6) is 0 Å². The Balaban J connectivity index is 0.000000378. The Morgan fingerprint density at radius 1 is 0.885 bits per heavy atom. The van der Waals surface area contributed by atoms with Gasteiger partial charge in [-0.2, -0.15) is 34.4 Å². The third-order valence-electron chi connectivity index (χ3n) is 3.10. The van der Waals surface area contributed by atoms with Gasteiger partial charge in [0, 0.05) is 11.5 Å². The van der Waals surface area contributed by atoms with E-state index in [1.54, 1.807) is 23.3 Å². The average Bonchev–Trinajstić information content (AvgIpc) is 3.18. The van der Waals surface area contributed by atoms with Gasteiger partial charge >= 0.3 is 41.9 Å². The van der Waals surface area contributed by atoms with Crippen molar-refractivity contribution in [1.82, 2.24) is 0 Å². The van der Waals surface area contributed by atoms with Crippen LogP contribution in [0.2, 0.25) is 13.1 Å². The van der Waals surface area contributed by atoms with Crippen molar-refractivity contribution < 1.29 is 48.1 Å². The summed E-state index contributed by atoms with van der Waals surface area (Å²) in [5.74, 6) is 2.17. The molecule has 0 bridgehead atoms. The van der Waals surface area contributed by atoms with E-state index in [1.165, 1.54) is 41.1 Å². The maximum absolute atomic E-state index is 3.53. The molecule has 0 nitrogen and oxygen atoms in total. The molecule has 0 aromatic carbocycles. The Kier molecular flexibility index (Phi) is 14.1. The summed E-state index contributed by atoms with van der Waals surface area (Å²) in [5.41, 5.74) is 5.40. The SMILES string of the molecule is CC1=CC2=C(Br)CSC2=[C-]1.CC1=CC2=C(Br)CSC2=[C-]1.C[Si](C)=[Zr+2].[Cl-].[Cl-]. The molecule has 0 N–H and O–H groups in total. The molecule has 2 aliphatic heterocycles. The van der Waals surface area contributed by atoms with E-state index >= 15 is 0 Å². The molecular formula is C18H18Br2Cl2S2SiZr-2. The van der Waals surface area contributed by atoms with E-state index in [1.807, 2.05) is 23.5 Å². The van der Waals surface area contributed by atoms with E-state index in [0.717, 1.165) is 11.5 Å². The zero-order valence-corrected chi connectivity index (χ0v) is 24.7. The van der Waals surface area contributed by atoms with Crippen LogP contribution in [0.15, 0.2) is 53.2 Å². The second-order valence-corrected chi connectivity index (χ2v) is 19.0. The molecule has 0 radical (unpaired) electrons. The number of halogens is 4. The van der Waals surface area contributed by atoms with Crippen LogP contribution in [0.25, 0.3) is 0 Å². The van der Waals surface area contributed by atoms with Crippen molar-refractivity contribution in [2.75, 3.05) is 11.5 Å². The van der Waals surface area contributed by atoms with Crippen molar-refractivity contribution >= 4 is 60.8 Å². The van der Waals surface area contributed by atoms with E-state index in [-0.39, 0.29) is 30.2 Å². The third-order valence-corrected chi connectivity index (χ3v) is 7.35.